The van der Waals surface area contributed by atoms with Gasteiger partial charge < -0.3 is 20.3 Å². The van der Waals surface area contributed by atoms with Crippen LogP contribution >= 0.6 is 0 Å². The van der Waals surface area contributed by atoms with Crippen molar-refractivity contribution in [2.45, 2.75) is 32.2 Å². The van der Waals surface area contributed by atoms with Crippen molar-refractivity contribution in [3.63, 3.8) is 0 Å². The lowest BCUT2D eigenvalue weighted by Crippen LogP contribution is -2.32. The van der Waals surface area contributed by atoms with E-state index in [0.717, 1.165) is 18.8 Å². The summed E-state index contributed by atoms with van der Waals surface area (Å²) < 4.78 is 5.28. The highest BCUT2D eigenvalue weighted by atomic mass is 16.5. The zero-order valence-electron chi connectivity index (χ0n) is 15.5. The Hall–Kier alpha value is -2.69. The number of nitrogens with one attached hydrogen (secondary N) is 2. The fourth-order valence-corrected chi connectivity index (χ4v) is 3.23. The minimum Gasteiger partial charge on any atom is -0.495 e. The molecule has 1 amide bonds. The fourth-order valence-electron chi connectivity index (χ4n) is 3.23. The van der Waals surface area contributed by atoms with Gasteiger partial charge in [0.15, 0.2) is 0 Å². The summed E-state index contributed by atoms with van der Waals surface area (Å²) in [4.78, 5) is 14.9. The Morgan fingerprint density at radius 1 is 1.04 bits per heavy atom. The molecule has 2 N–H and O–H groups in total. The van der Waals surface area contributed by atoms with E-state index in [1.807, 2.05) is 43.3 Å². The highest BCUT2D eigenvalue weighted by Gasteiger charge is 2.15. The van der Waals surface area contributed by atoms with E-state index in [0.29, 0.717) is 11.4 Å². The summed E-state index contributed by atoms with van der Waals surface area (Å²) in [5, 5.41) is 6.17. The van der Waals surface area contributed by atoms with E-state index >= 15 is 0 Å². The van der Waals surface area contributed by atoms with E-state index in [2.05, 4.69) is 27.7 Å². The first-order valence-electron chi connectivity index (χ1n) is 9.23. The first-order valence-corrected chi connectivity index (χ1v) is 9.23. The van der Waals surface area contributed by atoms with Gasteiger partial charge in [-0.1, -0.05) is 12.1 Å². The summed E-state index contributed by atoms with van der Waals surface area (Å²) >= 11 is 0. The Labute approximate surface area is 155 Å². The smallest absolute Gasteiger partial charge is 0.246 e. The minimum absolute atomic E-state index is 0.102. The fraction of sp³-hybridized carbons (Fsp3) is 0.381. The van der Waals surface area contributed by atoms with E-state index in [1.54, 1.807) is 7.11 Å². The summed E-state index contributed by atoms with van der Waals surface area (Å²) in [5.74, 6) is 0.550. The number of para-hydroxylation sites is 2. The summed E-state index contributed by atoms with van der Waals surface area (Å²) in [6, 6.07) is 15.4. The summed E-state index contributed by atoms with van der Waals surface area (Å²) in [6.45, 7) is 4.11. The molecule has 0 aromatic heterocycles. The summed E-state index contributed by atoms with van der Waals surface area (Å²) in [7, 11) is 1.59. The number of carbonyl (C=O) groups excluding carboxylic acids is 1. The van der Waals surface area contributed by atoms with Gasteiger partial charge in [0, 0.05) is 24.5 Å². The predicted molar refractivity (Wildman–Crippen MR) is 107 cm³/mol. The van der Waals surface area contributed by atoms with Gasteiger partial charge in [0.05, 0.1) is 12.8 Å². The van der Waals surface area contributed by atoms with Crippen molar-refractivity contribution < 1.29 is 9.53 Å². The lowest BCUT2D eigenvalue weighted by Gasteiger charge is -2.29. The zero-order chi connectivity index (χ0) is 18.4. The number of anilines is 3. The Bertz CT molecular complexity index is 724. The second-order valence-electron chi connectivity index (χ2n) is 6.65. The molecule has 138 valence electrons. The maximum Gasteiger partial charge on any atom is 0.246 e. The first-order chi connectivity index (χ1) is 12.7. The highest BCUT2D eigenvalue weighted by molar-refractivity contribution is 5.97. The molecular formula is C21H27N3O2. The van der Waals surface area contributed by atoms with Gasteiger partial charge in [0.25, 0.3) is 0 Å². The molecule has 0 unspecified atom stereocenters. The van der Waals surface area contributed by atoms with Crippen LogP contribution in [0.4, 0.5) is 17.1 Å². The maximum absolute atomic E-state index is 12.5. The Balaban J connectivity index is 1.58. The molecule has 0 spiro atoms. The topological polar surface area (TPSA) is 53.6 Å². The molecule has 5 heteroatoms. The third-order valence-electron chi connectivity index (χ3n) is 4.73. The molecular weight excluding hydrogens is 326 g/mol. The van der Waals surface area contributed by atoms with Crippen LogP contribution in [0.15, 0.2) is 48.5 Å². The number of benzene rings is 2. The van der Waals surface area contributed by atoms with Crippen LogP contribution in [0.25, 0.3) is 0 Å². The Morgan fingerprint density at radius 3 is 2.42 bits per heavy atom. The van der Waals surface area contributed by atoms with Gasteiger partial charge in [-0.15, -0.1) is 0 Å². The summed E-state index contributed by atoms with van der Waals surface area (Å²) in [6.07, 6.45) is 3.86. The van der Waals surface area contributed by atoms with Crippen molar-refractivity contribution in [3.8, 4) is 5.75 Å². The molecule has 0 aliphatic carbocycles. The number of nitrogens with zero attached hydrogens (tertiary/aromatic N) is 1. The van der Waals surface area contributed by atoms with Gasteiger partial charge in [-0.05, 0) is 62.6 Å². The molecule has 1 heterocycles. The maximum atomic E-state index is 12.5. The molecule has 2 aromatic rings. The van der Waals surface area contributed by atoms with Crippen molar-refractivity contribution in [1.29, 1.82) is 0 Å². The standard InChI is InChI=1S/C21H27N3O2/c1-16(21(25)23-19-8-4-5-9-20(19)26-2)22-17-10-12-18(13-11-17)24-14-6-3-7-15-24/h4-5,8-13,16,22H,3,6-7,14-15H2,1-2H3,(H,23,25)/t16-/m0/s1. The number of hydrogen-bond donors (Lipinski definition) is 2. The lowest BCUT2D eigenvalue weighted by molar-refractivity contribution is -0.116. The number of piperidine rings is 1. The average Bonchev–Trinajstić information content (AvgIpc) is 2.69. The van der Waals surface area contributed by atoms with Crippen LogP contribution in [0.2, 0.25) is 0 Å². The monoisotopic (exact) mass is 353 g/mol. The molecule has 5 nitrogen and oxygen atoms in total. The molecule has 1 aliphatic rings. The second kappa shape index (κ2) is 8.61. The molecule has 26 heavy (non-hydrogen) atoms. The van der Waals surface area contributed by atoms with Gasteiger partial charge >= 0.3 is 0 Å². The van der Waals surface area contributed by atoms with E-state index in [1.165, 1.54) is 24.9 Å². The predicted octanol–water partition coefficient (Wildman–Crippen LogP) is 4.12. The Kier molecular flexibility index (Phi) is 6.00. The van der Waals surface area contributed by atoms with E-state index in [4.69, 9.17) is 4.74 Å². The van der Waals surface area contributed by atoms with Crippen LogP contribution in [0.1, 0.15) is 26.2 Å². The van der Waals surface area contributed by atoms with Crippen LogP contribution in [-0.4, -0.2) is 32.1 Å². The molecule has 0 saturated carbocycles. The number of ether oxygens (including phenoxy) is 1. The SMILES string of the molecule is COc1ccccc1NC(=O)[C@H](C)Nc1ccc(N2CCCCC2)cc1. The molecule has 3 rings (SSSR count). The van der Waals surface area contributed by atoms with Gasteiger partial charge in [-0.25, -0.2) is 0 Å². The third-order valence-corrected chi connectivity index (χ3v) is 4.73. The van der Waals surface area contributed by atoms with Gasteiger partial charge in [0.1, 0.15) is 11.8 Å². The zero-order valence-corrected chi connectivity index (χ0v) is 15.5. The van der Waals surface area contributed by atoms with Crippen molar-refractivity contribution in [1.82, 2.24) is 0 Å². The number of rotatable bonds is 6. The number of carbonyl (C=O) groups is 1. The molecule has 1 fully saturated rings. The van der Waals surface area contributed by atoms with Crippen LogP contribution < -0.4 is 20.3 Å². The molecule has 1 aliphatic heterocycles. The van der Waals surface area contributed by atoms with E-state index < -0.39 is 0 Å². The molecule has 2 aromatic carbocycles. The van der Waals surface area contributed by atoms with Gasteiger partial charge in [-0.3, -0.25) is 4.79 Å². The third kappa shape index (κ3) is 4.48. The minimum atomic E-state index is -0.360. The quantitative estimate of drug-likeness (QED) is 0.820. The van der Waals surface area contributed by atoms with Crippen molar-refractivity contribution in [2.75, 3.05) is 35.7 Å². The van der Waals surface area contributed by atoms with E-state index in [-0.39, 0.29) is 11.9 Å². The number of methoxy groups -OCH3 is 1. The molecule has 0 bridgehead atoms. The molecule has 1 saturated heterocycles. The van der Waals surface area contributed by atoms with Crippen LogP contribution in [-0.2, 0) is 4.79 Å². The lowest BCUT2D eigenvalue weighted by atomic mass is 10.1. The van der Waals surface area contributed by atoms with E-state index in [9.17, 15) is 4.79 Å². The van der Waals surface area contributed by atoms with Gasteiger partial charge in [0.2, 0.25) is 5.91 Å². The van der Waals surface area contributed by atoms with Crippen molar-refractivity contribution in [3.05, 3.63) is 48.5 Å². The van der Waals surface area contributed by atoms with Crippen LogP contribution in [0.3, 0.4) is 0 Å². The van der Waals surface area contributed by atoms with Crippen molar-refractivity contribution >= 4 is 23.0 Å². The Morgan fingerprint density at radius 2 is 1.73 bits per heavy atom. The average molecular weight is 353 g/mol. The normalized spacial score (nSPS) is 15.2. The second-order valence-corrected chi connectivity index (χ2v) is 6.65. The molecule has 0 radical (unpaired) electrons. The highest BCUT2D eigenvalue weighted by Crippen LogP contribution is 2.24. The van der Waals surface area contributed by atoms with Crippen molar-refractivity contribution in [2.24, 2.45) is 0 Å². The van der Waals surface area contributed by atoms with Crippen LogP contribution in [0, 0.1) is 0 Å². The van der Waals surface area contributed by atoms with Crippen LogP contribution in [0.5, 0.6) is 5.75 Å². The van der Waals surface area contributed by atoms with Gasteiger partial charge in [-0.2, -0.15) is 0 Å². The first kappa shape index (κ1) is 18.1. The number of hydrogen-bond acceptors (Lipinski definition) is 4. The molecule has 1 atom stereocenters. The summed E-state index contributed by atoms with van der Waals surface area (Å²) in [5.41, 5.74) is 2.86. The number of amides is 1. The largest absolute Gasteiger partial charge is 0.495 e.